The molecule has 0 bridgehead atoms. The predicted octanol–water partition coefficient (Wildman–Crippen LogP) is 6.94. The molecule has 31 heavy (non-hydrogen) atoms. The molecule has 2 nitrogen and oxygen atoms in total. The van der Waals surface area contributed by atoms with Crippen LogP contribution in [0.2, 0.25) is 0 Å². The van der Waals surface area contributed by atoms with E-state index in [0.717, 1.165) is 18.4 Å². The van der Waals surface area contributed by atoms with E-state index in [-0.39, 0.29) is 23.7 Å². The average Bonchev–Trinajstić information content (AvgIpc) is 2.78. The fraction of sp³-hybridized carbons (Fsp3) is 0.308. The molecule has 0 atom stereocenters. The molecular formula is C26H25F3O2. The van der Waals surface area contributed by atoms with Crippen molar-refractivity contribution < 1.29 is 22.6 Å². The Morgan fingerprint density at radius 1 is 0.774 bits per heavy atom. The molecule has 0 spiro atoms. The van der Waals surface area contributed by atoms with E-state index in [1.165, 1.54) is 11.6 Å². The normalized spacial score (nSPS) is 12.2. The topological polar surface area (TPSA) is 18.5 Å². The first-order chi connectivity index (χ1) is 15.0. The van der Waals surface area contributed by atoms with Crippen LogP contribution in [-0.4, -0.2) is 6.61 Å². The summed E-state index contributed by atoms with van der Waals surface area (Å²) in [6, 6.07) is 13.1. The molecule has 3 aromatic rings. The first-order valence-electron chi connectivity index (χ1n) is 10.7. The monoisotopic (exact) mass is 426 g/mol. The first-order valence-corrected chi connectivity index (χ1v) is 10.7. The largest absolute Gasteiger partial charge is 0.491 e. The second-order valence-corrected chi connectivity index (χ2v) is 7.80. The second kappa shape index (κ2) is 9.04. The molecule has 0 aromatic heterocycles. The number of fused-ring (bicyclic) bond motifs is 2. The molecule has 1 aliphatic heterocycles. The standard InChI is InChI=1S/C26H25F3O2/c1-3-5-16-6-8-17(9-7-16)10-11-18-14-20-15-19-12-13-21(30-4-2)23(28)25(19)31-26(20)24(29)22(18)27/h6-9,12-14H,3-5,10-11,15H2,1-2H3. The van der Waals surface area contributed by atoms with Crippen LogP contribution in [0.1, 0.15) is 48.1 Å². The minimum atomic E-state index is -1.07. The van der Waals surface area contributed by atoms with Crippen molar-refractivity contribution in [2.75, 3.05) is 6.61 Å². The zero-order chi connectivity index (χ0) is 22.0. The lowest BCUT2D eigenvalue weighted by molar-refractivity contribution is 0.309. The Labute approximate surface area is 180 Å². The second-order valence-electron chi connectivity index (χ2n) is 7.80. The summed E-state index contributed by atoms with van der Waals surface area (Å²) in [5.74, 6) is -3.02. The molecule has 4 rings (SSSR count). The highest BCUT2D eigenvalue weighted by Crippen LogP contribution is 2.43. The maximum absolute atomic E-state index is 14.8. The van der Waals surface area contributed by atoms with Gasteiger partial charge in [0.05, 0.1) is 6.61 Å². The Morgan fingerprint density at radius 3 is 2.13 bits per heavy atom. The average molecular weight is 426 g/mol. The van der Waals surface area contributed by atoms with Crippen LogP contribution in [0.15, 0.2) is 42.5 Å². The minimum absolute atomic E-state index is 0.0344. The fourth-order valence-corrected chi connectivity index (χ4v) is 3.99. The van der Waals surface area contributed by atoms with Crippen molar-refractivity contribution in [1.29, 1.82) is 0 Å². The van der Waals surface area contributed by atoms with E-state index in [1.807, 2.05) is 12.1 Å². The lowest BCUT2D eigenvalue weighted by Gasteiger charge is -2.23. The van der Waals surface area contributed by atoms with Crippen LogP contribution in [0.5, 0.6) is 17.2 Å². The summed E-state index contributed by atoms with van der Waals surface area (Å²) >= 11 is 0. The van der Waals surface area contributed by atoms with Gasteiger partial charge in [0.15, 0.2) is 23.1 Å². The Hall–Kier alpha value is -2.95. The van der Waals surface area contributed by atoms with Crippen LogP contribution in [0.25, 0.3) is 0 Å². The molecule has 0 saturated carbocycles. The molecule has 0 radical (unpaired) electrons. The van der Waals surface area contributed by atoms with Gasteiger partial charge in [0.25, 0.3) is 0 Å². The molecular weight excluding hydrogens is 401 g/mol. The molecule has 0 amide bonds. The van der Waals surface area contributed by atoms with Crippen LogP contribution in [-0.2, 0) is 25.7 Å². The summed E-state index contributed by atoms with van der Waals surface area (Å²) < 4.78 is 55.0. The SMILES string of the molecule is CCCc1ccc(CCc2cc3c(c(F)c2F)Oc2c(ccc(OCC)c2F)C3)cc1. The van der Waals surface area contributed by atoms with Crippen LogP contribution in [0.3, 0.4) is 0 Å². The van der Waals surface area contributed by atoms with Crippen LogP contribution in [0.4, 0.5) is 13.2 Å². The van der Waals surface area contributed by atoms with Crippen LogP contribution < -0.4 is 9.47 Å². The Bertz CT molecular complexity index is 1090. The number of hydrogen-bond donors (Lipinski definition) is 0. The molecule has 1 aliphatic rings. The van der Waals surface area contributed by atoms with Gasteiger partial charge in [0, 0.05) is 17.5 Å². The van der Waals surface area contributed by atoms with Crippen LogP contribution >= 0.6 is 0 Å². The van der Waals surface area contributed by atoms with Crippen LogP contribution in [0, 0.1) is 17.5 Å². The molecule has 0 N–H and O–H groups in total. The number of hydrogen-bond acceptors (Lipinski definition) is 2. The van der Waals surface area contributed by atoms with Gasteiger partial charge in [-0.3, -0.25) is 0 Å². The zero-order valence-corrected chi connectivity index (χ0v) is 17.7. The van der Waals surface area contributed by atoms with Gasteiger partial charge in [-0.05, 0) is 55.0 Å². The van der Waals surface area contributed by atoms with Gasteiger partial charge in [-0.25, -0.2) is 4.39 Å². The van der Waals surface area contributed by atoms with E-state index in [0.29, 0.717) is 36.1 Å². The molecule has 0 unspecified atom stereocenters. The number of ether oxygens (including phenoxy) is 2. The first kappa shape index (κ1) is 21.3. The third-order valence-corrected chi connectivity index (χ3v) is 5.59. The molecule has 162 valence electrons. The van der Waals surface area contributed by atoms with E-state index < -0.39 is 17.5 Å². The molecule has 0 fully saturated rings. The summed E-state index contributed by atoms with van der Waals surface area (Å²) in [6.45, 7) is 4.17. The highest BCUT2D eigenvalue weighted by Gasteiger charge is 2.28. The quantitative estimate of drug-likeness (QED) is 0.319. The highest BCUT2D eigenvalue weighted by molar-refractivity contribution is 5.54. The highest BCUT2D eigenvalue weighted by atomic mass is 19.2. The number of benzene rings is 3. The molecule has 1 heterocycles. The van der Waals surface area contributed by atoms with Gasteiger partial charge >= 0.3 is 0 Å². The van der Waals surface area contributed by atoms with Gasteiger partial charge in [0.1, 0.15) is 0 Å². The van der Waals surface area contributed by atoms with Crippen molar-refractivity contribution in [2.45, 2.75) is 46.0 Å². The Kier molecular flexibility index (Phi) is 6.21. The molecule has 0 saturated heterocycles. The van der Waals surface area contributed by atoms with Crippen molar-refractivity contribution in [3.05, 3.63) is 87.7 Å². The predicted molar refractivity (Wildman–Crippen MR) is 115 cm³/mol. The van der Waals surface area contributed by atoms with Gasteiger partial charge in [-0.15, -0.1) is 0 Å². The zero-order valence-electron chi connectivity index (χ0n) is 17.7. The van der Waals surface area contributed by atoms with Gasteiger partial charge < -0.3 is 9.47 Å². The third kappa shape index (κ3) is 4.27. The van der Waals surface area contributed by atoms with Gasteiger partial charge in [-0.2, -0.15) is 8.78 Å². The van der Waals surface area contributed by atoms with Crippen molar-refractivity contribution in [3.63, 3.8) is 0 Å². The maximum Gasteiger partial charge on any atom is 0.207 e. The van der Waals surface area contributed by atoms with E-state index in [9.17, 15) is 13.2 Å². The lowest BCUT2D eigenvalue weighted by Crippen LogP contribution is -2.11. The van der Waals surface area contributed by atoms with E-state index in [4.69, 9.17) is 9.47 Å². The molecule has 3 aromatic carbocycles. The molecule has 5 heteroatoms. The van der Waals surface area contributed by atoms with E-state index in [2.05, 4.69) is 19.1 Å². The van der Waals surface area contributed by atoms with Crippen molar-refractivity contribution in [2.24, 2.45) is 0 Å². The van der Waals surface area contributed by atoms with Crippen molar-refractivity contribution >= 4 is 0 Å². The maximum atomic E-state index is 14.8. The summed E-state index contributed by atoms with van der Waals surface area (Å²) in [6.07, 6.45) is 3.35. The fourth-order valence-electron chi connectivity index (χ4n) is 3.99. The lowest BCUT2D eigenvalue weighted by atomic mass is 9.95. The number of aryl methyl sites for hydroxylation is 3. The number of halogens is 3. The van der Waals surface area contributed by atoms with E-state index >= 15 is 0 Å². The Balaban J connectivity index is 1.57. The van der Waals surface area contributed by atoms with Crippen molar-refractivity contribution in [3.8, 4) is 17.2 Å². The van der Waals surface area contributed by atoms with Gasteiger partial charge in [0.2, 0.25) is 11.6 Å². The third-order valence-electron chi connectivity index (χ3n) is 5.59. The van der Waals surface area contributed by atoms with Gasteiger partial charge in [-0.1, -0.05) is 43.7 Å². The summed E-state index contributed by atoms with van der Waals surface area (Å²) in [5.41, 5.74) is 3.74. The summed E-state index contributed by atoms with van der Waals surface area (Å²) in [4.78, 5) is 0. The van der Waals surface area contributed by atoms with E-state index in [1.54, 1.807) is 19.1 Å². The number of rotatable bonds is 7. The summed E-state index contributed by atoms with van der Waals surface area (Å²) in [5, 5.41) is 0. The van der Waals surface area contributed by atoms with Crippen molar-refractivity contribution in [1.82, 2.24) is 0 Å². The Morgan fingerprint density at radius 2 is 1.45 bits per heavy atom. The smallest absolute Gasteiger partial charge is 0.207 e. The molecule has 0 aliphatic carbocycles. The summed E-state index contributed by atoms with van der Waals surface area (Å²) in [7, 11) is 0. The minimum Gasteiger partial charge on any atom is -0.491 e.